The largest absolute Gasteiger partial charge is 0.483 e. The molecule has 0 spiro atoms. The number of esters is 1. The zero-order valence-electron chi connectivity index (χ0n) is 14.2. The van der Waals surface area contributed by atoms with Gasteiger partial charge in [0.05, 0.1) is 17.5 Å². The molecule has 0 saturated heterocycles. The molecule has 0 unspecified atom stereocenters. The van der Waals surface area contributed by atoms with Crippen molar-refractivity contribution in [2.75, 3.05) is 32.0 Å². The maximum Gasteiger partial charge on any atom is 0.338 e. The number of nitrogens with two attached hydrogens (primary N) is 1. The Morgan fingerprint density at radius 3 is 2.71 bits per heavy atom. The summed E-state index contributed by atoms with van der Waals surface area (Å²) in [5, 5.41) is 0. The van der Waals surface area contributed by atoms with Crippen molar-refractivity contribution in [2.24, 2.45) is 0 Å². The van der Waals surface area contributed by atoms with Crippen LogP contribution in [0.2, 0.25) is 0 Å². The fourth-order valence-electron chi connectivity index (χ4n) is 2.22. The first-order valence-electron chi connectivity index (χ1n) is 8.08. The summed E-state index contributed by atoms with van der Waals surface area (Å²) < 4.78 is 16.1. The Morgan fingerprint density at radius 2 is 2.04 bits per heavy atom. The first-order valence-corrected chi connectivity index (χ1v) is 8.08. The van der Waals surface area contributed by atoms with E-state index in [0.717, 1.165) is 19.6 Å². The highest BCUT2D eigenvalue weighted by molar-refractivity contribution is 5.90. The van der Waals surface area contributed by atoms with E-state index in [-0.39, 0.29) is 12.6 Å². The second kappa shape index (κ2) is 8.98. The van der Waals surface area contributed by atoms with E-state index in [2.05, 4.69) is 18.7 Å². The Labute approximate surface area is 142 Å². The van der Waals surface area contributed by atoms with Crippen LogP contribution in [0, 0.1) is 0 Å². The van der Waals surface area contributed by atoms with Gasteiger partial charge in [0.15, 0.2) is 0 Å². The van der Waals surface area contributed by atoms with Crippen molar-refractivity contribution in [3.63, 3.8) is 0 Å². The zero-order valence-corrected chi connectivity index (χ0v) is 14.2. The van der Waals surface area contributed by atoms with E-state index in [1.807, 2.05) is 6.07 Å². The Bertz CT molecular complexity index is 636. The van der Waals surface area contributed by atoms with Crippen LogP contribution in [-0.2, 0) is 11.3 Å². The molecule has 1 heterocycles. The van der Waals surface area contributed by atoms with Crippen molar-refractivity contribution < 1.29 is 18.7 Å². The van der Waals surface area contributed by atoms with Gasteiger partial charge in [-0.2, -0.15) is 0 Å². The maximum atomic E-state index is 12.1. The molecule has 0 atom stereocenters. The number of rotatable bonds is 9. The first kappa shape index (κ1) is 17.9. The van der Waals surface area contributed by atoms with Crippen LogP contribution in [0.1, 0.15) is 30.0 Å². The zero-order chi connectivity index (χ0) is 17.4. The number of carbonyl (C=O) groups excluding carboxylic acids is 1. The van der Waals surface area contributed by atoms with Crippen molar-refractivity contribution in [1.82, 2.24) is 4.90 Å². The molecule has 2 aromatic rings. The van der Waals surface area contributed by atoms with Gasteiger partial charge in [-0.15, -0.1) is 0 Å². The second-order valence-electron chi connectivity index (χ2n) is 5.28. The van der Waals surface area contributed by atoms with Gasteiger partial charge in [-0.3, -0.25) is 0 Å². The van der Waals surface area contributed by atoms with Crippen molar-refractivity contribution in [3.8, 4) is 5.75 Å². The number of ether oxygens (including phenoxy) is 2. The Balaban J connectivity index is 1.92. The van der Waals surface area contributed by atoms with E-state index in [1.54, 1.807) is 30.5 Å². The molecule has 0 bridgehead atoms. The molecule has 1 aromatic carbocycles. The highest BCUT2D eigenvalue weighted by Crippen LogP contribution is 2.24. The standard InChI is InChI=1S/C18H24N2O4/c1-3-20(4-2)9-11-23-18(21)14-7-8-16(19)17(12-14)24-13-15-6-5-10-22-15/h5-8,10,12H,3-4,9,11,13,19H2,1-2H3. The summed E-state index contributed by atoms with van der Waals surface area (Å²) in [4.78, 5) is 14.3. The van der Waals surface area contributed by atoms with Crippen LogP contribution in [-0.4, -0.2) is 37.1 Å². The van der Waals surface area contributed by atoms with Crippen molar-refractivity contribution >= 4 is 11.7 Å². The third-order valence-corrected chi connectivity index (χ3v) is 3.73. The van der Waals surface area contributed by atoms with Gasteiger partial charge in [-0.25, -0.2) is 4.79 Å². The third kappa shape index (κ3) is 5.03. The van der Waals surface area contributed by atoms with Gasteiger partial charge in [-0.05, 0) is 43.4 Å². The number of anilines is 1. The smallest absolute Gasteiger partial charge is 0.338 e. The van der Waals surface area contributed by atoms with E-state index in [9.17, 15) is 4.79 Å². The van der Waals surface area contributed by atoms with Crippen LogP contribution in [0.3, 0.4) is 0 Å². The lowest BCUT2D eigenvalue weighted by atomic mass is 10.2. The van der Waals surface area contributed by atoms with Crippen LogP contribution in [0.4, 0.5) is 5.69 Å². The lowest BCUT2D eigenvalue weighted by Gasteiger charge is -2.17. The van der Waals surface area contributed by atoms with Crippen molar-refractivity contribution in [2.45, 2.75) is 20.5 Å². The minimum Gasteiger partial charge on any atom is -0.483 e. The van der Waals surface area contributed by atoms with Gasteiger partial charge >= 0.3 is 5.97 Å². The van der Waals surface area contributed by atoms with Gasteiger partial charge < -0.3 is 24.5 Å². The van der Waals surface area contributed by atoms with Gasteiger partial charge in [-0.1, -0.05) is 13.8 Å². The highest BCUT2D eigenvalue weighted by Gasteiger charge is 2.12. The number of nitrogens with zero attached hydrogens (tertiary/aromatic N) is 1. The Morgan fingerprint density at radius 1 is 1.25 bits per heavy atom. The first-order chi connectivity index (χ1) is 11.6. The summed E-state index contributed by atoms with van der Waals surface area (Å²) in [6.45, 7) is 7.34. The van der Waals surface area contributed by atoms with Crippen LogP contribution in [0.25, 0.3) is 0 Å². The number of benzene rings is 1. The average molecular weight is 332 g/mol. The van der Waals surface area contributed by atoms with Gasteiger partial charge in [0.1, 0.15) is 24.7 Å². The molecule has 24 heavy (non-hydrogen) atoms. The molecule has 0 aliphatic heterocycles. The number of hydrogen-bond donors (Lipinski definition) is 1. The fourth-order valence-corrected chi connectivity index (χ4v) is 2.22. The van der Waals surface area contributed by atoms with Crippen LogP contribution in [0.15, 0.2) is 41.0 Å². The molecule has 0 aliphatic carbocycles. The second-order valence-corrected chi connectivity index (χ2v) is 5.28. The summed E-state index contributed by atoms with van der Waals surface area (Å²) in [5.74, 6) is 0.733. The lowest BCUT2D eigenvalue weighted by molar-refractivity contribution is 0.0466. The molecule has 0 aliphatic rings. The SMILES string of the molecule is CCN(CC)CCOC(=O)c1ccc(N)c(OCc2ccco2)c1. The number of carbonyl (C=O) groups is 1. The Kier molecular flexibility index (Phi) is 6.69. The molecule has 0 fully saturated rings. The van der Waals surface area contributed by atoms with E-state index in [0.29, 0.717) is 29.4 Å². The molecule has 130 valence electrons. The average Bonchev–Trinajstić information content (AvgIpc) is 3.11. The lowest BCUT2D eigenvalue weighted by Crippen LogP contribution is -2.27. The predicted molar refractivity (Wildman–Crippen MR) is 92.0 cm³/mol. The summed E-state index contributed by atoms with van der Waals surface area (Å²) in [6.07, 6.45) is 1.58. The van der Waals surface area contributed by atoms with E-state index < -0.39 is 0 Å². The van der Waals surface area contributed by atoms with Gasteiger partial charge in [0.2, 0.25) is 0 Å². The monoisotopic (exact) mass is 332 g/mol. The number of likely N-dealkylation sites (N-methyl/N-ethyl adjacent to an activating group) is 1. The third-order valence-electron chi connectivity index (χ3n) is 3.73. The molecule has 2 rings (SSSR count). The molecule has 6 heteroatoms. The predicted octanol–water partition coefficient (Wildman–Crippen LogP) is 2.94. The molecule has 0 amide bonds. The number of furan rings is 1. The van der Waals surface area contributed by atoms with Crippen molar-refractivity contribution in [3.05, 3.63) is 47.9 Å². The number of hydrogen-bond acceptors (Lipinski definition) is 6. The van der Waals surface area contributed by atoms with E-state index in [1.165, 1.54) is 0 Å². The van der Waals surface area contributed by atoms with E-state index >= 15 is 0 Å². The molecule has 2 N–H and O–H groups in total. The van der Waals surface area contributed by atoms with Crippen LogP contribution < -0.4 is 10.5 Å². The quantitative estimate of drug-likeness (QED) is 0.562. The summed E-state index contributed by atoms with van der Waals surface area (Å²) in [7, 11) is 0. The molecule has 0 saturated carbocycles. The minimum absolute atomic E-state index is 0.248. The minimum atomic E-state index is -0.384. The summed E-state index contributed by atoms with van der Waals surface area (Å²) in [6, 6.07) is 8.46. The summed E-state index contributed by atoms with van der Waals surface area (Å²) in [5.41, 5.74) is 6.77. The van der Waals surface area contributed by atoms with Gasteiger partial charge in [0.25, 0.3) is 0 Å². The Hall–Kier alpha value is -2.47. The normalized spacial score (nSPS) is 10.8. The van der Waals surface area contributed by atoms with Crippen molar-refractivity contribution in [1.29, 1.82) is 0 Å². The van der Waals surface area contributed by atoms with E-state index in [4.69, 9.17) is 19.6 Å². The highest BCUT2D eigenvalue weighted by atomic mass is 16.5. The fraction of sp³-hybridized carbons (Fsp3) is 0.389. The maximum absolute atomic E-state index is 12.1. The number of nitrogen functional groups attached to an aromatic ring is 1. The molecule has 1 aromatic heterocycles. The molecule has 6 nitrogen and oxygen atoms in total. The summed E-state index contributed by atoms with van der Waals surface area (Å²) >= 11 is 0. The van der Waals surface area contributed by atoms with Gasteiger partial charge in [0, 0.05) is 6.54 Å². The van der Waals surface area contributed by atoms with Crippen LogP contribution >= 0.6 is 0 Å². The molecular formula is C18H24N2O4. The molecule has 0 radical (unpaired) electrons. The molecular weight excluding hydrogens is 308 g/mol. The van der Waals surface area contributed by atoms with Crippen LogP contribution in [0.5, 0.6) is 5.75 Å². The topological polar surface area (TPSA) is 77.9 Å².